The molecule has 1 atom stereocenters. The molecule has 4 nitrogen and oxygen atoms in total. The zero-order valence-corrected chi connectivity index (χ0v) is 12.7. The van der Waals surface area contributed by atoms with Crippen LogP contribution in [0.3, 0.4) is 0 Å². The molecule has 0 radical (unpaired) electrons. The van der Waals surface area contributed by atoms with E-state index in [-0.39, 0.29) is 0 Å². The predicted octanol–water partition coefficient (Wildman–Crippen LogP) is 2.60. The third kappa shape index (κ3) is 3.65. The number of nitrogens with zero attached hydrogens (tertiary/aromatic N) is 3. The monoisotopic (exact) mass is 312 g/mol. The van der Waals surface area contributed by atoms with E-state index in [9.17, 15) is 0 Å². The van der Waals surface area contributed by atoms with Gasteiger partial charge in [0.15, 0.2) is 0 Å². The molecule has 1 aliphatic rings. The first-order chi connectivity index (χ1) is 8.66. The molecule has 2 heterocycles. The van der Waals surface area contributed by atoms with Crippen molar-refractivity contribution >= 4 is 21.9 Å². The normalized spacial score (nSPS) is 20.1. The molecule has 1 N–H and O–H groups in total. The molecule has 0 amide bonds. The third-order valence-corrected chi connectivity index (χ3v) is 3.73. The number of rotatable bonds is 4. The molecule has 1 aliphatic heterocycles. The Morgan fingerprint density at radius 1 is 1.39 bits per heavy atom. The molecule has 0 aromatic carbocycles. The number of anilines is 1. The van der Waals surface area contributed by atoms with Crippen molar-refractivity contribution in [1.29, 1.82) is 0 Å². The number of halogens is 1. The highest BCUT2D eigenvalue weighted by molar-refractivity contribution is 9.10. The topological polar surface area (TPSA) is 41.0 Å². The zero-order valence-electron chi connectivity index (χ0n) is 11.1. The molecular formula is C13H21BrN4. The Labute approximate surface area is 117 Å². The average molecular weight is 313 g/mol. The Morgan fingerprint density at radius 2 is 2.11 bits per heavy atom. The summed E-state index contributed by atoms with van der Waals surface area (Å²) in [5, 5.41) is 3.58. The van der Waals surface area contributed by atoms with Crippen LogP contribution in [0.15, 0.2) is 16.9 Å². The van der Waals surface area contributed by atoms with E-state index in [0.717, 1.165) is 23.5 Å². The fourth-order valence-corrected chi connectivity index (χ4v) is 2.50. The van der Waals surface area contributed by atoms with E-state index in [2.05, 4.69) is 50.0 Å². The van der Waals surface area contributed by atoms with Gasteiger partial charge in [0.25, 0.3) is 0 Å². The molecule has 5 heteroatoms. The summed E-state index contributed by atoms with van der Waals surface area (Å²) < 4.78 is 0.922. The van der Waals surface area contributed by atoms with E-state index in [1.807, 2.05) is 12.4 Å². The van der Waals surface area contributed by atoms with Crippen LogP contribution in [0.2, 0.25) is 0 Å². The maximum Gasteiger partial charge on any atom is 0.225 e. The standard InChI is InChI=1S/C13H21BrN4/c1-10(2)18(9-12-5-3-4-6-15-12)13-16-7-11(14)8-17-13/h7-8,10,12,15H,3-6,9H2,1-2H3. The van der Waals surface area contributed by atoms with Crippen molar-refractivity contribution in [2.24, 2.45) is 0 Å². The van der Waals surface area contributed by atoms with Gasteiger partial charge < -0.3 is 10.2 Å². The largest absolute Gasteiger partial charge is 0.337 e. The van der Waals surface area contributed by atoms with E-state index in [1.165, 1.54) is 19.3 Å². The van der Waals surface area contributed by atoms with Gasteiger partial charge in [-0.2, -0.15) is 0 Å². The first-order valence-electron chi connectivity index (χ1n) is 6.64. The van der Waals surface area contributed by atoms with Crippen molar-refractivity contribution < 1.29 is 0 Å². The molecule has 1 unspecified atom stereocenters. The fraction of sp³-hybridized carbons (Fsp3) is 0.692. The van der Waals surface area contributed by atoms with Crippen molar-refractivity contribution in [1.82, 2.24) is 15.3 Å². The highest BCUT2D eigenvalue weighted by Gasteiger charge is 2.20. The summed E-state index contributed by atoms with van der Waals surface area (Å²) in [7, 11) is 0. The molecule has 0 bridgehead atoms. The lowest BCUT2D eigenvalue weighted by molar-refractivity contribution is 0.391. The Morgan fingerprint density at radius 3 is 2.67 bits per heavy atom. The van der Waals surface area contributed by atoms with Gasteiger partial charge in [-0.15, -0.1) is 0 Å². The summed E-state index contributed by atoms with van der Waals surface area (Å²) >= 11 is 3.37. The smallest absolute Gasteiger partial charge is 0.225 e. The van der Waals surface area contributed by atoms with Crippen LogP contribution < -0.4 is 10.2 Å². The van der Waals surface area contributed by atoms with Crippen LogP contribution in [0.25, 0.3) is 0 Å². The lowest BCUT2D eigenvalue weighted by Crippen LogP contribution is -2.46. The fourth-order valence-electron chi connectivity index (χ4n) is 2.29. The zero-order chi connectivity index (χ0) is 13.0. The lowest BCUT2D eigenvalue weighted by Gasteiger charge is -2.33. The van der Waals surface area contributed by atoms with Crippen LogP contribution in [0, 0.1) is 0 Å². The summed E-state index contributed by atoms with van der Waals surface area (Å²) in [6.45, 7) is 6.50. The Hall–Kier alpha value is -0.680. The van der Waals surface area contributed by atoms with E-state index in [1.54, 1.807) is 0 Å². The summed E-state index contributed by atoms with van der Waals surface area (Å²) in [6.07, 6.45) is 7.50. The second kappa shape index (κ2) is 6.48. The van der Waals surface area contributed by atoms with Gasteiger partial charge >= 0.3 is 0 Å². The highest BCUT2D eigenvalue weighted by Crippen LogP contribution is 2.16. The van der Waals surface area contributed by atoms with Gasteiger partial charge in [0.2, 0.25) is 5.95 Å². The van der Waals surface area contributed by atoms with Crippen molar-refractivity contribution in [3.63, 3.8) is 0 Å². The molecule has 1 fully saturated rings. The average Bonchev–Trinajstić information content (AvgIpc) is 2.38. The second-order valence-corrected chi connectivity index (χ2v) is 6.01. The van der Waals surface area contributed by atoms with Gasteiger partial charge in [-0.05, 0) is 49.2 Å². The van der Waals surface area contributed by atoms with E-state index < -0.39 is 0 Å². The number of hydrogen-bond donors (Lipinski definition) is 1. The van der Waals surface area contributed by atoms with Gasteiger partial charge in [0.05, 0.1) is 4.47 Å². The number of hydrogen-bond acceptors (Lipinski definition) is 4. The third-order valence-electron chi connectivity index (χ3n) is 3.32. The number of aromatic nitrogens is 2. The van der Waals surface area contributed by atoms with E-state index in [0.29, 0.717) is 12.1 Å². The molecule has 100 valence electrons. The molecule has 0 aliphatic carbocycles. The van der Waals surface area contributed by atoms with Crippen LogP contribution in [-0.2, 0) is 0 Å². The highest BCUT2D eigenvalue weighted by atomic mass is 79.9. The molecule has 0 saturated carbocycles. The second-order valence-electron chi connectivity index (χ2n) is 5.09. The number of nitrogens with one attached hydrogen (secondary N) is 1. The van der Waals surface area contributed by atoms with Crippen molar-refractivity contribution in [2.75, 3.05) is 18.0 Å². The SMILES string of the molecule is CC(C)N(CC1CCCCN1)c1ncc(Br)cn1. The Balaban J connectivity index is 2.05. The summed E-state index contributed by atoms with van der Waals surface area (Å²) in [5.74, 6) is 0.820. The van der Waals surface area contributed by atoms with E-state index >= 15 is 0 Å². The Kier molecular flexibility index (Phi) is 4.95. The molecule has 18 heavy (non-hydrogen) atoms. The minimum Gasteiger partial charge on any atom is -0.337 e. The summed E-state index contributed by atoms with van der Waals surface area (Å²) in [5.41, 5.74) is 0. The first kappa shape index (κ1) is 13.7. The van der Waals surface area contributed by atoms with Gasteiger partial charge in [0.1, 0.15) is 0 Å². The molecule has 1 aromatic heterocycles. The lowest BCUT2D eigenvalue weighted by atomic mass is 10.0. The van der Waals surface area contributed by atoms with Crippen LogP contribution in [0.1, 0.15) is 33.1 Å². The van der Waals surface area contributed by atoms with Gasteiger partial charge in [-0.3, -0.25) is 0 Å². The molecule has 0 spiro atoms. The Bertz CT molecular complexity index is 360. The maximum atomic E-state index is 4.41. The molecule has 1 aromatic rings. The van der Waals surface area contributed by atoms with Gasteiger partial charge in [-0.1, -0.05) is 6.42 Å². The van der Waals surface area contributed by atoms with Crippen LogP contribution in [-0.4, -0.2) is 35.1 Å². The predicted molar refractivity (Wildman–Crippen MR) is 77.9 cm³/mol. The van der Waals surface area contributed by atoms with Crippen LogP contribution in [0.4, 0.5) is 5.95 Å². The maximum absolute atomic E-state index is 4.41. The van der Waals surface area contributed by atoms with Crippen molar-refractivity contribution in [3.05, 3.63) is 16.9 Å². The summed E-state index contributed by atoms with van der Waals surface area (Å²) in [4.78, 5) is 11.1. The van der Waals surface area contributed by atoms with Crippen LogP contribution >= 0.6 is 15.9 Å². The van der Waals surface area contributed by atoms with Crippen LogP contribution in [0.5, 0.6) is 0 Å². The van der Waals surface area contributed by atoms with E-state index in [4.69, 9.17) is 0 Å². The number of piperidine rings is 1. The summed E-state index contributed by atoms with van der Waals surface area (Å²) in [6, 6.07) is 0.975. The minimum atomic E-state index is 0.412. The van der Waals surface area contributed by atoms with Crippen molar-refractivity contribution in [3.8, 4) is 0 Å². The molecular weight excluding hydrogens is 292 g/mol. The molecule has 1 saturated heterocycles. The van der Waals surface area contributed by atoms with Gasteiger partial charge in [-0.25, -0.2) is 9.97 Å². The molecule has 2 rings (SSSR count). The first-order valence-corrected chi connectivity index (χ1v) is 7.43. The minimum absolute atomic E-state index is 0.412. The van der Waals surface area contributed by atoms with Gasteiger partial charge in [0, 0.05) is 31.0 Å². The quantitative estimate of drug-likeness (QED) is 0.928. The van der Waals surface area contributed by atoms with Crippen molar-refractivity contribution in [2.45, 2.75) is 45.2 Å².